The van der Waals surface area contributed by atoms with Crippen molar-refractivity contribution < 1.29 is 4.79 Å². The fraction of sp³-hybridized carbons (Fsp3) is 0.800. The zero-order valence-electron chi connectivity index (χ0n) is 12.9. The minimum absolute atomic E-state index is 0.207. The lowest BCUT2D eigenvalue weighted by Gasteiger charge is -2.33. The van der Waals surface area contributed by atoms with Crippen LogP contribution in [0.5, 0.6) is 0 Å². The van der Waals surface area contributed by atoms with E-state index in [1.165, 1.54) is 12.8 Å². The number of hydrogen-bond donors (Lipinski definition) is 0. The van der Waals surface area contributed by atoms with Crippen LogP contribution < -0.4 is 0 Å². The lowest BCUT2D eigenvalue weighted by Crippen LogP contribution is -2.44. The molecule has 0 aliphatic carbocycles. The highest BCUT2D eigenvalue weighted by molar-refractivity contribution is 5.79. The zero-order valence-corrected chi connectivity index (χ0v) is 12.9. The van der Waals surface area contributed by atoms with Gasteiger partial charge in [0.15, 0.2) is 0 Å². The third kappa shape index (κ3) is 3.43. The maximum Gasteiger partial charge on any atom is 0.226 e. The van der Waals surface area contributed by atoms with Crippen LogP contribution in [0.1, 0.15) is 31.5 Å². The van der Waals surface area contributed by atoms with Gasteiger partial charge in [0.25, 0.3) is 0 Å². The first-order valence-electron chi connectivity index (χ1n) is 8.09. The summed E-state index contributed by atoms with van der Waals surface area (Å²) >= 11 is 0. The molecule has 0 bridgehead atoms. The zero-order chi connectivity index (χ0) is 14.7. The maximum absolute atomic E-state index is 12.5. The number of carbonyl (C=O) groups excluding carboxylic acids is 1. The molecule has 0 unspecified atom stereocenters. The Balaban J connectivity index is 1.51. The molecule has 21 heavy (non-hydrogen) atoms. The van der Waals surface area contributed by atoms with Gasteiger partial charge in [0.1, 0.15) is 12.2 Å². The van der Waals surface area contributed by atoms with Gasteiger partial charge < -0.3 is 14.4 Å². The lowest BCUT2D eigenvalue weighted by atomic mass is 9.96. The predicted octanol–water partition coefficient (Wildman–Crippen LogP) is 0.921. The van der Waals surface area contributed by atoms with E-state index in [1.54, 1.807) is 6.33 Å². The summed E-state index contributed by atoms with van der Waals surface area (Å²) in [6, 6.07) is 0. The van der Waals surface area contributed by atoms with Crippen LogP contribution >= 0.6 is 0 Å². The first kappa shape index (κ1) is 14.5. The Labute approximate surface area is 126 Å². The van der Waals surface area contributed by atoms with Crippen molar-refractivity contribution in [3.63, 3.8) is 0 Å². The van der Waals surface area contributed by atoms with Gasteiger partial charge in [0, 0.05) is 32.7 Å². The summed E-state index contributed by atoms with van der Waals surface area (Å²) in [5, 5.41) is 7.92. The van der Waals surface area contributed by atoms with E-state index >= 15 is 0 Å². The van der Waals surface area contributed by atoms with Gasteiger partial charge in [0.05, 0.1) is 5.92 Å². The van der Waals surface area contributed by atoms with Crippen molar-refractivity contribution in [1.29, 1.82) is 0 Å². The van der Waals surface area contributed by atoms with Crippen molar-refractivity contribution in [3.8, 4) is 0 Å². The first-order chi connectivity index (χ1) is 10.2. The quantitative estimate of drug-likeness (QED) is 0.828. The molecule has 3 rings (SSSR count). The molecule has 0 radical (unpaired) electrons. The van der Waals surface area contributed by atoms with Gasteiger partial charge in [0.2, 0.25) is 5.91 Å². The lowest BCUT2D eigenvalue weighted by molar-refractivity contribution is -0.136. The van der Waals surface area contributed by atoms with Crippen molar-refractivity contribution in [2.75, 3.05) is 32.7 Å². The number of amides is 1. The van der Waals surface area contributed by atoms with Gasteiger partial charge in [-0.15, -0.1) is 10.2 Å². The second-order valence-electron chi connectivity index (χ2n) is 6.24. The maximum atomic E-state index is 12.5. The van der Waals surface area contributed by atoms with Crippen LogP contribution in [0, 0.1) is 12.8 Å². The molecule has 6 nitrogen and oxygen atoms in total. The third-order valence-corrected chi connectivity index (χ3v) is 4.74. The van der Waals surface area contributed by atoms with Gasteiger partial charge >= 0.3 is 0 Å². The van der Waals surface area contributed by atoms with Crippen LogP contribution in [0.4, 0.5) is 0 Å². The minimum Gasteiger partial charge on any atom is -0.342 e. The summed E-state index contributed by atoms with van der Waals surface area (Å²) in [6.45, 7) is 7.81. The van der Waals surface area contributed by atoms with E-state index in [4.69, 9.17) is 0 Å². The SMILES string of the molecule is Cc1nncn1CCN1CCC[C@H](C(=O)N2CCCC2)C1. The minimum atomic E-state index is 0.207. The topological polar surface area (TPSA) is 54.3 Å². The summed E-state index contributed by atoms with van der Waals surface area (Å²) in [6.07, 6.45) is 6.32. The van der Waals surface area contributed by atoms with Crippen LogP contribution in [0.15, 0.2) is 6.33 Å². The molecule has 0 spiro atoms. The van der Waals surface area contributed by atoms with Gasteiger partial charge in [-0.3, -0.25) is 4.79 Å². The van der Waals surface area contributed by atoms with Gasteiger partial charge in [-0.2, -0.15) is 0 Å². The molecule has 0 aromatic carbocycles. The predicted molar refractivity (Wildman–Crippen MR) is 79.7 cm³/mol. The van der Waals surface area contributed by atoms with E-state index in [2.05, 4.69) is 24.6 Å². The van der Waals surface area contributed by atoms with Crippen molar-refractivity contribution >= 4 is 5.91 Å². The Kier molecular flexibility index (Phi) is 4.53. The second-order valence-corrected chi connectivity index (χ2v) is 6.24. The number of piperidine rings is 1. The molecule has 1 aromatic rings. The van der Waals surface area contributed by atoms with E-state index in [-0.39, 0.29) is 5.92 Å². The molecule has 1 aromatic heterocycles. The summed E-state index contributed by atoms with van der Waals surface area (Å²) in [5.41, 5.74) is 0. The Morgan fingerprint density at radius 2 is 2.05 bits per heavy atom. The molecule has 1 atom stereocenters. The Hall–Kier alpha value is -1.43. The van der Waals surface area contributed by atoms with Crippen LogP contribution in [-0.4, -0.2) is 63.2 Å². The number of rotatable bonds is 4. The molecule has 2 saturated heterocycles. The molecule has 1 amide bonds. The summed E-state index contributed by atoms with van der Waals surface area (Å²) < 4.78 is 2.08. The van der Waals surface area contributed by atoms with Crippen molar-refractivity contribution in [3.05, 3.63) is 12.2 Å². The number of aryl methyl sites for hydroxylation is 1. The van der Waals surface area contributed by atoms with Gasteiger partial charge in [-0.25, -0.2) is 0 Å². The molecular weight excluding hydrogens is 266 g/mol. The molecule has 2 fully saturated rings. The molecule has 116 valence electrons. The monoisotopic (exact) mass is 291 g/mol. The standard InChI is InChI=1S/C15H25N5O/c1-13-17-16-12-20(13)10-9-18-6-4-5-14(11-18)15(21)19-7-2-3-8-19/h12,14H,2-11H2,1H3/t14-/m0/s1. The van der Waals surface area contributed by atoms with E-state index in [9.17, 15) is 4.79 Å². The number of nitrogens with zero attached hydrogens (tertiary/aromatic N) is 5. The molecule has 0 N–H and O–H groups in total. The summed E-state index contributed by atoms with van der Waals surface area (Å²) in [5.74, 6) is 1.55. The number of carbonyl (C=O) groups is 1. The van der Waals surface area contributed by atoms with E-state index < -0.39 is 0 Å². The van der Waals surface area contributed by atoms with E-state index in [0.29, 0.717) is 5.91 Å². The van der Waals surface area contributed by atoms with E-state index in [0.717, 1.165) is 57.9 Å². The average molecular weight is 291 g/mol. The summed E-state index contributed by atoms with van der Waals surface area (Å²) in [7, 11) is 0. The van der Waals surface area contributed by atoms with Crippen LogP contribution in [-0.2, 0) is 11.3 Å². The smallest absolute Gasteiger partial charge is 0.226 e. The average Bonchev–Trinajstić information content (AvgIpc) is 3.16. The van der Waals surface area contributed by atoms with Crippen LogP contribution in [0.3, 0.4) is 0 Å². The van der Waals surface area contributed by atoms with Crippen LogP contribution in [0.2, 0.25) is 0 Å². The first-order valence-corrected chi connectivity index (χ1v) is 8.09. The fourth-order valence-electron chi connectivity index (χ4n) is 3.44. The molecule has 6 heteroatoms. The molecular formula is C15H25N5O. The van der Waals surface area contributed by atoms with Crippen molar-refractivity contribution in [2.24, 2.45) is 5.92 Å². The summed E-state index contributed by atoms with van der Waals surface area (Å²) in [4.78, 5) is 17.0. The molecule has 2 aliphatic rings. The van der Waals surface area contributed by atoms with Crippen molar-refractivity contribution in [1.82, 2.24) is 24.6 Å². The van der Waals surface area contributed by atoms with Gasteiger partial charge in [-0.1, -0.05) is 0 Å². The molecule has 2 aliphatic heterocycles. The highest BCUT2D eigenvalue weighted by Gasteiger charge is 2.30. The Bertz CT molecular complexity index is 480. The largest absolute Gasteiger partial charge is 0.342 e. The number of aromatic nitrogens is 3. The van der Waals surface area contributed by atoms with Gasteiger partial charge in [-0.05, 0) is 39.2 Å². The van der Waals surface area contributed by atoms with Crippen LogP contribution in [0.25, 0.3) is 0 Å². The highest BCUT2D eigenvalue weighted by atomic mass is 16.2. The Morgan fingerprint density at radius 3 is 2.76 bits per heavy atom. The Morgan fingerprint density at radius 1 is 1.24 bits per heavy atom. The highest BCUT2D eigenvalue weighted by Crippen LogP contribution is 2.21. The fourth-order valence-corrected chi connectivity index (χ4v) is 3.44. The number of hydrogen-bond acceptors (Lipinski definition) is 4. The number of likely N-dealkylation sites (tertiary alicyclic amines) is 2. The molecule has 0 saturated carbocycles. The third-order valence-electron chi connectivity index (χ3n) is 4.74. The molecule has 3 heterocycles. The second kappa shape index (κ2) is 6.56. The van der Waals surface area contributed by atoms with Crippen molar-refractivity contribution in [2.45, 2.75) is 39.2 Å². The van der Waals surface area contributed by atoms with E-state index in [1.807, 2.05) is 6.92 Å². The normalized spacial score (nSPS) is 23.7.